The molecule has 0 saturated carbocycles. The molecular weight excluding hydrogens is 524 g/mol. The van der Waals surface area contributed by atoms with Gasteiger partial charge >= 0.3 is 0 Å². The van der Waals surface area contributed by atoms with Crippen molar-refractivity contribution in [1.29, 1.82) is 0 Å². The fourth-order valence-corrected chi connectivity index (χ4v) is 6.71. The van der Waals surface area contributed by atoms with E-state index in [0.717, 1.165) is 32.3 Å². The van der Waals surface area contributed by atoms with Crippen molar-refractivity contribution in [2.75, 3.05) is 11.9 Å². The first kappa shape index (κ1) is 22.5. The largest absolute Gasteiger partial charge is 0.438 e. The van der Waals surface area contributed by atoms with Gasteiger partial charge in [-0.3, -0.25) is 0 Å². The number of benzene rings is 4. The molecule has 7 heteroatoms. The van der Waals surface area contributed by atoms with Gasteiger partial charge in [0.2, 0.25) is 5.88 Å². The summed E-state index contributed by atoms with van der Waals surface area (Å²) in [6, 6.07) is 30.7. The molecule has 0 atom stereocenters. The molecular formula is C32H19ClN4OS. The highest BCUT2D eigenvalue weighted by Crippen LogP contribution is 2.43. The third kappa shape index (κ3) is 3.56. The number of hydrogen-bond acceptors (Lipinski definition) is 6. The molecule has 7 aromatic rings. The van der Waals surface area contributed by atoms with E-state index < -0.39 is 0 Å². The van der Waals surface area contributed by atoms with Crippen molar-refractivity contribution in [3.05, 3.63) is 113 Å². The molecule has 186 valence electrons. The number of hydrogen-bond donors (Lipinski definition) is 1. The number of furan rings is 1. The summed E-state index contributed by atoms with van der Waals surface area (Å²) < 4.78 is 8.54. The average Bonchev–Trinajstić information content (AvgIpc) is 3.57. The summed E-state index contributed by atoms with van der Waals surface area (Å²) in [5, 5.41) is 7.28. The predicted octanol–water partition coefficient (Wildman–Crippen LogP) is 8.83. The van der Waals surface area contributed by atoms with E-state index in [1.807, 2.05) is 48.5 Å². The molecule has 0 fully saturated rings. The molecule has 39 heavy (non-hydrogen) atoms. The summed E-state index contributed by atoms with van der Waals surface area (Å²) in [6.45, 7) is 0.591. The standard InChI is InChI=1S/C32H19ClN4OS/c33-24-14-7-12-21-26-22(16-17-34-32(26)38-27(21)24)30-35-29(18-8-2-1-3-9-18)36-31(37-30)23-13-6-11-20-19-10-4-5-15-25(19)39-28(20)23/h1-16,34H,17H2. The van der Waals surface area contributed by atoms with Crippen LogP contribution in [0, 0.1) is 0 Å². The maximum atomic E-state index is 6.49. The van der Waals surface area contributed by atoms with Gasteiger partial charge in [-0.2, -0.15) is 0 Å². The highest BCUT2D eigenvalue weighted by Gasteiger charge is 2.26. The summed E-state index contributed by atoms with van der Waals surface area (Å²) in [5.74, 6) is 2.54. The van der Waals surface area contributed by atoms with Crippen molar-refractivity contribution < 1.29 is 4.42 Å². The minimum atomic E-state index is 0.570. The van der Waals surface area contributed by atoms with E-state index in [2.05, 4.69) is 53.9 Å². The topological polar surface area (TPSA) is 63.8 Å². The highest BCUT2D eigenvalue weighted by molar-refractivity contribution is 7.26. The fourth-order valence-electron chi connectivity index (χ4n) is 5.28. The zero-order chi connectivity index (χ0) is 25.9. The Kier molecular flexibility index (Phi) is 5.05. The van der Waals surface area contributed by atoms with E-state index in [0.29, 0.717) is 40.5 Å². The molecule has 4 aromatic carbocycles. The van der Waals surface area contributed by atoms with Crippen LogP contribution in [0.2, 0.25) is 5.02 Å². The molecule has 0 aliphatic carbocycles. The minimum absolute atomic E-state index is 0.570. The van der Waals surface area contributed by atoms with E-state index in [1.165, 1.54) is 15.5 Å². The second kappa shape index (κ2) is 8.76. The van der Waals surface area contributed by atoms with Crippen molar-refractivity contribution >= 4 is 65.5 Å². The van der Waals surface area contributed by atoms with Gasteiger partial charge in [0.1, 0.15) is 0 Å². The molecule has 3 aromatic heterocycles. The number of rotatable bonds is 3. The van der Waals surface area contributed by atoms with Crippen molar-refractivity contribution in [2.24, 2.45) is 0 Å². The number of para-hydroxylation sites is 1. The van der Waals surface area contributed by atoms with Gasteiger partial charge in [0, 0.05) is 48.8 Å². The zero-order valence-electron chi connectivity index (χ0n) is 20.5. The van der Waals surface area contributed by atoms with Crippen LogP contribution >= 0.6 is 22.9 Å². The molecule has 1 aliphatic heterocycles. The summed E-state index contributed by atoms with van der Waals surface area (Å²) in [7, 11) is 0. The molecule has 5 nitrogen and oxygen atoms in total. The Hall–Kier alpha value is -4.52. The monoisotopic (exact) mass is 542 g/mol. The Balaban J connectivity index is 1.40. The molecule has 0 amide bonds. The maximum absolute atomic E-state index is 6.49. The van der Waals surface area contributed by atoms with Gasteiger partial charge in [-0.05, 0) is 18.2 Å². The second-order valence-corrected chi connectivity index (χ2v) is 10.8. The first-order valence-corrected chi connectivity index (χ1v) is 13.8. The maximum Gasteiger partial charge on any atom is 0.202 e. The zero-order valence-corrected chi connectivity index (χ0v) is 22.1. The number of thiophene rings is 1. The van der Waals surface area contributed by atoms with Crippen molar-refractivity contribution in [3.63, 3.8) is 0 Å². The predicted molar refractivity (Wildman–Crippen MR) is 160 cm³/mol. The van der Waals surface area contributed by atoms with Gasteiger partial charge in [0.05, 0.1) is 10.6 Å². The van der Waals surface area contributed by atoms with E-state index in [-0.39, 0.29) is 0 Å². The van der Waals surface area contributed by atoms with Gasteiger partial charge in [0.25, 0.3) is 0 Å². The highest BCUT2D eigenvalue weighted by atomic mass is 35.5. The van der Waals surface area contributed by atoms with Gasteiger partial charge in [-0.25, -0.2) is 15.0 Å². The Labute approximate surface area is 232 Å². The lowest BCUT2D eigenvalue weighted by Crippen LogP contribution is -2.10. The van der Waals surface area contributed by atoms with Crippen molar-refractivity contribution in [1.82, 2.24) is 15.0 Å². The van der Waals surface area contributed by atoms with E-state index >= 15 is 0 Å². The van der Waals surface area contributed by atoms with Crippen molar-refractivity contribution in [2.45, 2.75) is 0 Å². The van der Waals surface area contributed by atoms with Crippen LogP contribution in [0.1, 0.15) is 11.4 Å². The second-order valence-electron chi connectivity index (χ2n) is 9.37. The van der Waals surface area contributed by atoms with Crippen LogP contribution in [0.4, 0.5) is 5.88 Å². The molecule has 0 bridgehead atoms. The first-order valence-electron chi connectivity index (χ1n) is 12.6. The lowest BCUT2D eigenvalue weighted by molar-refractivity contribution is 0.627. The summed E-state index contributed by atoms with van der Waals surface area (Å²) in [6.07, 6.45) is 2.10. The lowest BCUT2D eigenvalue weighted by atomic mass is 10.00. The molecule has 0 radical (unpaired) electrons. The summed E-state index contributed by atoms with van der Waals surface area (Å²) in [5.41, 5.74) is 4.38. The van der Waals surface area contributed by atoms with Gasteiger partial charge < -0.3 is 9.73 Å². The number of fused-ring (bicyclic) bond motifs is 6. The molecule has 1 aliphatic rings. The minimum Gasteiger partial charge on any atom is -0.438 e. The quantitative estimate of drug-likeness (QED) is 0.241. The number of nitrogens with zero attached hydrogens (tertiary/aromatic N) is 3. The number of anilines is 1. The normalized spacial score (nSPS) is 13.0. The Morgan fingerprint density at radius 2 is 1.46 bits per heavy atom. The average molecular weight is 543 g/mol. The third-order valence-electron chi connectivity index (χ3n) is 7.06. The number of halogens is 1. The van der Waals surface area contributed by atoms with Crippen LogP contribution < -0.4 is 5.32 Å². The van der Waals surface area contributed by atoms with Crippen LogP contribution in [0.25, 0.3) is 59.5 Å². The Morgan fingerprint density at radius 1 is 0.718 bits per heavy atom. The van der Waals surface area contributed by atoms with Gasteiger partial charge in [-0.1, -0.05) is 90.5 Å². The summed E-state index contributed by atoms with van der Waals surface area (Å²) in [4.78, 5) is 15.1. The van der Waals surface area contributed by atoms with Gasteiger partial charge in [-0.15, -0.1) is 11.3 Å². The van der Waals surface area contributed by atoms with Crippen LogP contribution in [0.5, 0.6) is 0 Å². The Bertz CT molecular complexity index is 2090. The van der Waals surface area contributed by atoms with Gasteiger partial charge in [0.15, 0.2) is 23.1 Å². The van der Waals surface area contributed by atoms with E-state index in [1.54, 1.807) is 11.3 Å². The molecule has 1 N–H and O–H groups in total. The smallest absolute Gasteiger partial charge is 0.202 e. The molecule has 8 rings (SSSR count). The third-order valence-corrected chi connectivity index (χ3v) is 8.58. The van der Waals surface area contributed by atoms with Crippen LogP contribution in [0.15, 0.2) is 101 Å². The van der Waals surface area contributed by atoms with Crippen LogP contribution in [0.3, 0.4) is 0 Å². The van der Waals surface area contributed by atoms with Crippen LogP contribution in [-0.4, -0.2) is 21.5 Å². The molecule has 0 saturated heterocycles. The lowest BCUT2D eigenvalue weighted by Gasteiger charge is -2.15. The first-order chi connectivity index (χ1) is 19.2. The molecule has 4 heterocycles. The Morgan fingerprint density at radius 3 is 2.38 bits per heavy atom. The van der Waals surface area contributed by atoms with E-state index in [9.17, 15) is 0 Å². The SMILES string of the molecule is Clc1cccc2c3c(oc12)NCC=C3c1nc(-c2ccccc2)nc(-c2cccc3c2sc2ccccc23)n1. The number of nitrogens with one attached hydrogen (secondary N) is 1. The van der Waals surface area contributed by atoms with E-state index in [4.69, 9.17) is 31.0 Å². The fraction of sp³-hybridized carbons (Fsp3) is 0.0312. The molecule has 0 unspecified atom stereocenters. The molecule has 0 spiro atoms. The number of aromatic nitrogens is 3. The van der Waals surface area contributed by atoms with Crippen molar-refractivity contribution in [3.8, 4) is 22.8 Å². The van der Waals surface area contributed by atoms with Crippen LogP contribution in [-0.2, 0) is 0 Å². The summed E-state index contributed by atoms with van der Waals surface area (Å²) >= 11 is 8.25.